The molecule has 5 nitrogen and oxygen atoms in total. The van der Waals surface area contributed by atoms with Gasteiger partial charge in [-0.25, -0.2) is 0 Å². The Hall–Kier alpha value is -4.05. The van der Waals surface area contributed by atoms with E-state index >= 15 is 0 Å². The molecule has 1 atom stereocenters. The number of carbonyl (C=O) groups is 1. The standard InChI is InChI=1S/C27H22N2O3/c1-32-23-14-12-20(13-15-23)19-29-25-11-4-3-10-24(25)27(31,26(29)30)21-8-7-9-22(18-21)28-16-5-2-6-17-28/h2-5,7-18,31H,19H2,1H3. The Labute approximate surface area is 186 Å². The second-order valence-electron chi connectivity index (χ2n) is 7.73. The first kappa shape index (κ1) is 19.9. The van der Waals surface area contributed by atoms with E-state index in [1.165, 1.54) is 0 Å². The lowest BCUT2D eigenvalue weighted by Crippen LogP contribution is -2.41. The molecule has 1 unspecified atom stereocenters. The van der Waals surface area contributed by atoms with E-state index in [2.05, 4.69) is 5.73 Å². The summed E-state index contributed by atoms with van der Waals surface area (Å²) < 4.78 is 5.23. The maximum Gasteiger partial charge on any atom is 0.268 e. The van der Waals surface area contributed by atoms with Crippen LogP contribution in [-0.2, 0) is 16.9 Å². The second-order valence-corrected chi connectivity index (χ2v) is 7.73. The summed E-state index contributed by atoms with van der Waals surface area (Å²) in [6, 6.07) is 22.4. The van der Waals surface area contributed by atoms with Gasteiger partial charge in [-0.2, -0.15) is 0 Å². The van der Waals surface area contributed by atoms with Crippen LogP contribution in [0.4, 0.5) is 11.4 Å². The van der Waals surface area contributed by atoms with Crippen molar-refractivity contribution in [3.05, 3.63) is 120 Å². The lowest BCUT2D eigenvalue weighted by molar-refractivity contribution is -0.132. The summed E-state index contributed by atoms with van der Waals surface area (Å²) in [6.07, 6.45) is 7.42. The third kappa shape index (κ3) is 3.21. The zero-order valence-corrected chi connectivity index (χ0v) is 17.6. The van der Waals surface area contributed by atoms with E-state index in [4.69, 9.17) is 4.74 Å². The molecule has 0 aromatic heterocycles. The minimum absolute atomic E-state index is 0.351. The fourth-order valence-electron chi connectivity index (χ4n) is 4.19. The van der Waals surface area contributed by atoms with Crippen LogP contribution in [0.25, 0.3) is 0 Å². The number of hydrogen-bond acceptors (Lipinski definition) is 4. The molecule has 3 aromatic rings. The summed E-state index contributed by atoms with van der Waals surface area (Å²) in [5, 5.41) is 11.9. The van der Waals surface area contributed by atoms with Gasteiger partial charge in [-0.15, -0.1) is 5.73 Å². The normalized spacial score (nSPS) is 18.9. The Bertz CT molecular complexity index is 1270. The van der Waals surface area contributed by atoms with Crippen LogP contribution < -0.4 is 14.5 Å². The molecule has 0 saturated heterocycles. The first-order chi connectivity index (χ1) is 15.6. The number of para-hydroxylation sites is 1. The molecular weight excluding hydrogens is 400 g/mol. The number of hydrogen-bond donors (Lipinski definition) is 1. The van der Waals surface area contributed by atoms with E-state index in [-0.39, 0.29) is 5.91 Å². The van der Waals surface area contributed by atoms with Gasteiger partial charge in [0.25, 0.3) is 5.91 Å². The maximum atomic E-state index is 13.7. The van der Waals surface area contributed by atoms with Crippen molar-refractivity contribution in [2.75, 3.05) is 16.9 Å². The van der Waals surface area contributed by atoms with E-state index in [1.54, 1.807) is 18.1 Å². The summed E-state index contributed by atoms with van der Waals surface area (Å²) in [4.78, 5) is 17.2. The van der Waals surface area contributed by atoms with Crippen molar-refractivity contribution in [3.8, 4) is 5.75 Å². The van der Waals surface area contributed by atoms with Gasteiger partial charge in [0.1, 0.15) is 5.75 Å². The highest BCUT2D eigenvalue weighted by Crippen LogP contribution is 2.45. The number of fused-ring (bicyclic) bond motifs is 1. The number of carbonyl (C=O) groups excluding carboxylic acids is 1. The molecule has 5 rings (SSSR count). The van der Waals surface area contributed by atoms with E-state index < -0.39 is 5.60 Å². The zero-order chi connectivity index (χ0) is 22.1. The molecular formula is C27H22N2O3. The summed E-state index contributed by atoms with van der Waals surface area (Å²) >= 11 is 0. The number of amides is 1. The first-order valence-corrected chi connectivity index (χ1v) is 10.4. The fraction of sp³-hybridized carbons (Fsp3) is 0.111. The third-order valence-corrected chi connectivity index (χ3v) is 5.85. The zero-order valence-electron chi connectivity index (χ0n) is 17.6. The van der Waals surface area contributed by atoms with Gasteiger partial charge in [0.05, 0.1) is 25.5 Å². The number of allylic oxidation sites excluding steroid dienone is 2. The first-order valence-electron chi connectivity index (χ1n) is 10.4. The van der Waals surface area contributed by atoms with Gasteiger partial charge < -0.3 is 19.6 Å². The van der Waals surface area contributed by atoms with Gasteiger partial charge in [-0.3, -0.25) is 4.79 Å². The van der Waals surface area contributed by atoms with E-state index in [0.717, 1.165) is 17.0 Å². The molecule has 0 fully saturated rings. The molecule has 3 aromatic carbocycles. The average Bonchev–Trinajstić information content (AvgIpc) is 3.08. The van der Waals surface area contributed by atoms with Crippen LogP contribution in [0, 0.1) is 0 Å². The molecule has 1 N–H and O–H groups in total. The lowest BCUT2D eigenvalue weighted by Gasteiger charge is -2.25. The molecule has 2 aliphatic heterocycles. The second kappa shape index (κ2) is 7.89. The molecule has 5 heteroatoms. The fourth-order valence-corrected chi connectivity index (χ4v) is 4.19. The molecule has 0 bridgehead atoms. The van der Waals surface area contributed by atoms with Gasteiger partial charge in [0.15, 0.2) is 5.60 Å². The number of aliphatic hydroxyl groups is 1. The molecule has 158 valence electrons. The minimum Gasteiger partial charge on any atom is -0.497 e. The Morgan fingerprint density at radius 1 is 1.03 bits per heavy atom. The van der Waals surface area contributed by atoms with Crippen molar-refractivity contribution < 1.29 is 14.6 Å². The summed E-state index contributed by atoms with van der Waals surface area (Å²) in [5.41, 5.74) is 4.88. The summed E-state index contributed by atoms with van der Waals surface area (Å²) in [7, 11) is 1.62. The van der Waals surface area contributed by atoms with Crippen molar-refractivity contribution in [3.63, 3.8) is 0 Å². The molecule has 0 radical (unpaired) electrons. The Kier molecular flexibility index (Phi) is 4.91. The predicted octanol–water partition coefficient (Wildman–Crippen LogP) is 4.48. The number of benzene rings is 3. The highest BCUT2D eigenvalue weighted by molar-refractivity contribution is 6.09. The minimum atomic E-state index is -1.77. The molecule has 0 aliphatic carbocycles. The summed E-state index contributed by atoms with van der Waals surface area (Å²) in [6.45, 7) is 0.351. The Morgan fingerprint density at radius 2 is 1.84 bits per heavy atom. The lowest BCUT2D eigenvalue weighted by atomic mass is 9.87. The van der Waals surface area contributed by atoms with Crippen LogP contribution in [0.3, 0.4) is 0 Å². The maximum absolute atomic E-state index is 13.7. The van der Waals surface area contributed by atoms with Crippen LogP contribution >= 0.6 is 0 Å². The van der Waals surface area contributed by atoms with Gasteiger partial charge in [0, 0.05) is 17.5 Å². The van der Waals surface area contributed by atoms with Gasteiger partial charge in [-0.1, -0.05) is 42.5 Å². The molecule has 0 saturated carbocycles. The monoisotopic (exact) mass is 422 g/mol. The Morgan fingerprint density at radius 3 is 2.59 bits per heavy atom. The predicted molar refractivity (Wildman–Crippen MR) is 124 cm³/mol. The van der Waals surface area contributed by atoms with Crippen LogP contribution in [0.1, 0.15) is 16.7 Å². The van der Waals surface area contributed by atoms with Crippen LogP contribution in [-0.4, -0.2) is 18.1 Å². The van der Waals surface area contributed by atoms with Crippen LogP contribution in [0.15, 0.2) is 103 Å². The van der Waals surface area contributed by atoms with Gasteiger partial charge in [0.2, 0.25) is 0 Å². The molecule has 0 spiro atoms. The highest BCUT2D eigenvalue weighted by Gasteiger charge is 2.51. The van der Waals surface area contributed by atoms with Crippen molar-refractivity contribution in [2.24, 2.45) is 0 Å². The molecule has 1 amide bonds. The Balaban J connectivity index is 1.55. The highest BCUT2D eigenvalue weighted by atomic mass is 16.5. The van der Waals surface area contributed by atoms with E-state index in [9.17, 15) is 9.90 Å². The number of nitrogens with zero attached hydrogens (tertiary/aromatic N) is 2. The molecule has 2 aliphatic rings. The largest absolute Gasteiger partial charge is 0.497 e. The van der Waals surface area contributed by atoms with Crippen molar-refractivity contribution in [1.29, 1.82) is 0 Å². The smallest absolute Gasteiger partial charge is 0.268 e. The number of methoxy groups -OCH3 is 1. The number of anilines is 2. The summed E-state index contributed by atoms with van der Waals surface area (Å²) in [5.74, 6) is 0.391. The van der Waals surface area contributed by atoms with Gasteiger partial charge >= 0.3 is 0 Å². The van der Waals surface area contributed by atoms with Crippen molar-refractivity contribution >= 4 is 17.3 Å². The van der Waals surface area contributed by atoms with Crippen molar-refractivity contribution in [1.82, 2.24) is 0 Å². The number of rotatable bonds is 5. The van der Waals surface area contributed by atoms with E-state index in [1.807, 2.05) is 96.2 Å². The van der Waals surface area contributed by atoms with Crippen molar-refractivity contribution in [2.45, 2.75) is 12.1 Å². The van der Waals surface area contributed by atoms with Crippen LogP contribution in [0.2, 0.25) is 0 Å². The topological polar surface area (TPSA) is 53.0 Å². The molecule has 2 heterocycles. The quantitative estimate of drug-likeness (QED) is 0.616. The van der Waals surface area contributed by atoms with Gasteiger partial charge in [-0.05, 0) is 53.6 Å². The van der Waals surface area contributed by atoms with E-state index in [0.29, 0.717) is 23.4 Å². The SMILES string of the molecule is COc1ccc(CN2C(=O)C(O)(c3cccc(N4C=C=CC=C4)c3)c3ccccc32)cc1. The van der Waals surface area contributed by atoms with Crippen LogP contribution in [0.5, 0.6) is 5.75 Å². The number of ether oxygens (including phenoxy) is 1. The third-order valence-electron chi connectivity index (χ3n) is 5.85. The average molecular weight is 422 g/mol. The molecule has 32 heavy (non-hydrogen) atoms.